The molecule has 1 aromatic rings. The van der Waals surface area contributed by atoms with E-state index < -0.39 is 5.54 Å². The second-order valence-electron chi connectivity index (χ2n) is 7.42. The molecule has 0 aliphatic heterocycles. The fourth-order valence-corrected chi connectivity index (χ4v) is 13.0. The molecule has 31 heavy (non-hydrogen) atoms. The van der Waals surface area contributed by atoms with Crippen molar-refractivity contribution in [3.05, 3.63) is 35.9 Å². The number of hydrogen-bond acceptors (Lipinski definition) is 5. The minimum Gasteiger partial charge on any atom is -0.290 e. The Hall–Kier alpha value is -0.350. The number of hydrogen-bond donors (Lipinski definition) is 0. The maximum atomic E-state index is 13.6. The van der Waals surface area contributed by atoms with Gasteiger partial charge in [0.2, 0.25) is 0 Å². The molecule has 1 amide bonds. The largest absolute Gasteiger partial charge is 0.318 e. The van der Waals surface area contributed by atoms with E-state index >= 15 is 0 Å². The number of benzene rings is 1. The Kier molecular flexibility index (Phi) is 13.6. The van der Waals surface area contributed by atoms with E-state index in [1.807, 2.05) is 34.0 Å². The number of carbonyl (C=O) groups excluding carboxylic acids is 1. The molecule has 0 spiro atoms. The smallest absolute Gasteiger partial charge is 0.290 e. The fourth-order valence-electron chi connectivity index (χ4n) is 2.84. The lowest BCUT2D eigenvalue weighted by Gasteiger charge is -2.44. The normalized spacial score (nSPS) is 14.6. The van der Waals surface area contributed by atoms with Crippen LogP contribution in [-0.2, 0) is 22.4 Å². The Morgan fingerprint density at radius 1 is 1.23 bits per heavy atom. The number of amides is 1. The van der Waals surface area contributed by atoms with Crippen molar-refractivity contribution in [3.63, 3.8) is 0 Å². The van der Waals surface area contributed by atoms with Crippen LogP contribution in [0.15, 0.2) is 30.3 Å². The van der Waals surface area contributed by atoms with E-state index in [9.17, 15) is 4.79 Å². The molecule has 0 aromatic heterocycles. The molecule has 8 heteroatoms. The van der Waals surface area contributed by atoms with Crippen LogP contribution in [0.2, 0.25) is 0 Å². The maximum absolute atomic E-state index is 13.6. The van der Waals surface area contributed by atoms with Gasteiger partial charge in [-0.15, -0.1) is 11.8 Å². The van der Waals surface area contributed by atoms with Crippen LogP contribution in [0.4, 0.5) is 0 Å². The van der Waals surface area contributed by atoms with Crippen molar-refractivity contribution in [2.45, 2.75) is 58.6 Å². The summed E-state index contributed by atoms with van der Waals surface area (Å²) >= 11 is 15.5. The van der Waals surface area contributed by atoms with E-state index in [4.69, 9.17) is 24.0 Å². The summed E-state index contributed by atoms with van der Waals surface area (Å²) in [4.78, 5) is 14.4. The van der Waals surface area contributed by atoms with Crippen LogP contribution in [0.3, 0.4) is 0 Å². The van der Waals surface area contributed by atoms with Gasteiger partial charge in [0.05, 0.1) is 18.5 Å². The number of nitrogens with zero attached hydrogens (tertiary/aromatic N) is 2. The van der Waals surface area contributed by atoms with Crippen molar-refractivity contribution in [1.82, 2.24) is 4.67 Å². The van der Waals surface area contributed by atoms with Gasteiger partial charge >= 0.3 is 5.91 Å². The second-order valence-corrected chi connectivity index (χ2v) is 16.6. The maximum Gasteiger partial charge on any atom is 0.318 e. The Labute approximate surface area is 208 Å². The highest BCUT2D eigenvalue weighted by molar-refractivity contribution is 8.68. The van der Waals surface area contributed by atoms with Gasteiger partial charge in [-0.25, -0.2) is 9.05 Å². The highest BCUT2D eigenvalue weighted by Crippen LogP contribution is 2.69. The molecule has 0 saturated heterocycles. The van der Waals surface area contributed by atoms with Crippen molar-refractivity contribution in [1.29, 1.82) is 0 Å². The van der Waals surface area contributed by atoms with Crippen LogP contribution in [0.25, 0.3) is 0 Å². The molecule has 1 aromatic carbocycles. The summed E-state index contributed by atoms with van der Waals surface area (Å²) in [5.41, 5.74) is -1.13. The van der Waals surface area contributed by atoms with Crippen molar-refractivity contribution < 1.29 is 9.05 Å². The van der Waals surface area contributed by atoms with Gasteiger partial charge in [0.25, 0.3) is 5.54 Å². The van der Waals surface area contributed by atoms with Crippen LogP contribution >= 0.6 is 40.9 Å². The van der Waals surface area contributed by atoms with E-state index in [-0.39, 0.29) is 10.2 Å². The third-order valence-corrected chi connectivity index (χ3v) is 16.2. The first-order chi connectivity index (χ1) is 14.7. The first-order valence-electron chi connectivity index (χ1n) is 10.7. The van der Waals surface area contributed by atoms with Gasteiger partial charge in [-0.3, -0.25) is 4.67 Å². The second kappa shape index (κ2) is 14.7. The zero-order valence-corrected chi connectivity index (χ0v) is 23.6. The van der Waals surface area contributed by atoms with E-state index in [0.29, 0.717) is 18.7 Å². The fraction of sp³-hybridized carbons (Fsp3) is 0.565. The SMILES string of the molecule is CCC#CCCC(=O)[N+](C)(CSCc1ccccc1)P(=S)(SCCCC)N(C)C(C)=S. The third-order valence-electron chi connectivity index (χ3n) is 4.91. The minimum atomic E-state index is -2.39. The van der Waals surface area contributed by atoms with Gasteiger partial charge < -0.3 is 0 Å². The lowest BCUT2D eigenvalue weighted by atomic mass is 10.2. The summed E-state index contributed by atoms with van der Waals surface area (Å²) in [6, 6.07) is 10.4. The van der Waals surface area contributed by atoms with Gasteiger partial charge in [0.15, 0.2) is 0 Å². The molecule has 0 aliphatic carbocycles. The first-order valence-corrected chi connectivity index (χ1v) is 16.5. The highest BCUT2D eigenvalue weighted by Gasteiger charge is 2.49. The molecule has 0 saturated carbocycles. The van der Waals surface area contributed by atoms with E-state index in [2.05, 4.69) is 47.7 Å². The minimum absolute atomic E-state index is 0.168. The van der Waals surface area contributed by atoms with Crippen LogP contribution in [0.1, 0.15) is 58.4 Å². The molecule has 0 radical (unpaired) electrons. The molecule has 0 bridgehead atoms. The van der Waals surface area contributed by atoms with Gasteiger partial charge in [-0.2, -0.15) is 0 Å². The summed E-state index contributed by atoms with van der Waals surface area (Å²) in [5.74, 6) is 8.80. The van der Waals surface area contributed by atoms with Crippen molar-refractivity contribution in [2.24, 2.45) is 0 Å². The molecule has 2 atom stereocenters. The molecule has 0 fully saturated rings. The van der Waals surface area contributed by atoms with Crippen molar-refractivity contribution >= 4 is 63.6 Å². The average molecular weight is 516 g/mol. The Balaban J connectivity index is 3.21. The summed E-state index contributed by atoms with van der Waals surface area (Å²) < 4.78 is 2.28. The summed E-state index contributed by atoms with van der Waals surface area (Å²) in [6.45, 7) is 6.12. The molecule has 0 heterocycles. The summed E-state index contributed by atoms with van der Waals surface area (Å²) in [7, 11) is 4.01. The highest BCUT2D eigenvalue weighted by atomic mass is 32.9. The van der Waals surface area contributed by atoms with Gasteiger partial charge in [0, 0.05) is 43.2 Å². The molecule has 2 unspecified atom stereocenters. The Bertz CT molecular complexity index is 822. The molecule has 0 aliphatic rings. The standard InChI is InChI=1S/C23H36N2OPS4/c1-6-8-10-14-17-23(26)25(5,20-30-19-22-15-12-11-13-16-22)27(29,24(4)21(3)28)31-18-9-7-2/h11-13,15-16H,6-7,9,14,17-20H2,1-5H3/q+1. The molecule has 1 rings (SSSR count). The van der Waals surface area contributed by atoms with Gasteiger partial charge in [-0.05, 0) is 30.3 Å². The van der Waals surface area contributed by atoms with Gasteiger partial charge in [-0.1, -0.05) is 74.6 Å². The average Bonchev–Trinajstić information content (AvgIpc) is 2.76. The lowest BCUT2D eigenvalue weighted by Crippen LogP contribution is -2.49. The Morgan fingerprint density at radius 3 is 2.48 bits per heavy atom. The number of unbranched alkanes of at least 4 members (excludes halogenated alkanes) is 1. The number of thiocarbonyl (C=S) groups is 1. The number of carbonyl (C=O) groups is 1. The van der Waals surface area contributed by atoms with Crippen LogP contribution in [0.5, 0.6) is 0 Å². The molecular formula is C23H36N2OPS4+. The van der Waals surface area contributed by atoms with Crippen LogP contribution in [0, 0.1) is 11.8 Å². The topological polar surface area (TPSA) is 20.3 Å². The molecule has 172 valence electrons. The first kappa shape index (κ1) is 28.7. The predicted octanol–water partition coefficient (Wildman–Crippen LogP) is 7.08. The zero-order valence-electron chi connectivity index (χ0n) is 19.4. The zero-order chi connectivity index (χ0) is 23.3. The van der Waals surface area contributed by atoms with Crippen LogP contribution in [-0.4, -0.2) is 45.5 Å². The monoisotopic (exact) mass is 515 g/mol. The molecule has 3 nitrogen and oxygen atoms in total. The van der Waals surface area contributed by atoms with E-state index in [0.717, 1.165) is 35.8 Å². The van der Waals surface area contributed by atoms with E-state index in [1.54, 1.807) is 23.1 Å². The predicted molar refractivity (Wildman–Crippen MR) is 149 cm³/mol. The van der Waals surface area contributed by atoms with Gasteiger partial charge in [0.1, 0.15) is 5.88 Å². The van der Waals surface area contributed by atoms with Crippen molar-refractivity contribution in [2.75, 3.05) is 25.7 Å². The number of quaternary nitrogens is 1. The number of thioether (sulfide) groups is 1. The molecule has 0 N–H and O–H groups in total. The molecular weight excluding hydrogens is 480 g/mol. The van der Waals surface area contributed by atoms with E-state index in [1.165, 1.54) is 5.56 Å². The summed E-state index contributed by atoms with van der Waals surface area (Å²) in [6.07, 6.45) is 4.01. The van der Waals surface area contributed by atoms with Crippen molar-refractivity contribution in [3.8, 4) is 11.8 Å². The summed E-state index contributed by atoms with van der Waals surface area (Å²) in [5, 5.41) is 0. The Morgan fingerprint density at radius 2 is 1.90 bits per heavy atom. The lowest BCUT2D eigenvalue weighted by molar-refractivity contribution is -0.691. The quantitative estimate of drug-likeness (QED) is 0.0967. The third kappa shape index (κ3) is 8.50. The number of rotatable bonds is 12. The van der Waals surface area contributed by atoms with Crippen LogP contribution < -0.4 is 0 Å².